The van der Waals surface area contributed by atoms with E-state index < -0.39 is 23.8 Å². The highest BCUT2D eigenvalue weighted by Crippen LogP contribution is 2.25. The van der Waals surface area contributed by atoms with E-state index in [2.05, 4.69) is 4.90 Å². The molecular weight excluding hydrogens is 383 g/mol. The van der Waals surface area contributed by atoms with Gasteiger partial charge in [0.15, 0.2) is 6.17 Å². The molecule has 0 spiro atoms. The molecule has 0 radical (unpaired) electrons. The number of benzene rings is 2. The molecule has 2 aromatic carbocycles. The molecule has 30 heavy (non-hydrogen) atoms. The second-order valence-corrected chi connectivity index (χ2v) is 8.66. The Balaban J connectivity index is 1.83. The van der Waals surface area contributed by atoms with Gasteiger partial charge in [-0.1, -0.05) is 60.7 Å². The Bertz CT molecular complexity index is 810. The third kappa shape index (κ3) is 5.89. The van der Waals surface area contributed by atoms with Crippen molar-refractivity contribution >= 4 is 12.0 Å². The number of rotatable bonds is 5. The summed E-state index contributed by atoms with van der Waals surface area (Å²) in [5.74, 6) is -0.820. The smallest absolute Gasteiger partial charge is 0.417 e. The lowest BCUT2D eigenvalue weighted by molar-refractivity contribution is -0.141. The van der Waals surface area contributed by atoms with E-state index in [1.54, 1.807) is 20.8 Å². The highest BCUT2D eigenvalue weighted by molar-refractivity contribution is 5.95. The van der Waals surface area contributed by atoms with Gasteiger partial charge in [0, 0.05) is 32.1 Å². The number of alkyl halides is 1. The summed E-state index contributed by atoms with van der Waals surface area (Å²) in [6, 6.07) is 19.5. The first-order valence-corrected chi connectivity index (χ1v) is 10.2. The Morgan fingerprint density at radius 1 is 1.03 bits per heavy atom. The number of ether oxygens (including phenoxy) is 1. The van der Waals surface area contributed by atoms with Crippen molar-refractivity contribution in [1.29, 1.82) is 0 Å². The van der Waals surface area contributed by atoms with Crippen molar-refractivity contribution < 1.29 is 18.7 Å². The van der Waals surface area contributed by atoms with Gasteiger partial charge in [-0.25, -0.2) is 14.1 Å². The average molecular weight is 413 g/mol. The fourth-order valence-electron chi connectivity index (χ4n) is 3.58. The number of carbonyl (C=O) groups is 2. The van der Waals surface area contributed by atoms with Gasteiger partial charge >= 0.3 is 6.09 Å². The fourth-order valence-corrected chi connectivity index (χ4v) is 3.58. The lowest BCUT2D eigenvalue weighted by atomic mass is 10.00. The van der Waals surface area contributed by atoms with Gasteiger partial charge in [0.2, 0.25) is 0 Å². The Morgan fingerprint density at radius 3 is 2.00 bits per heavy atom. The molecular formula is C24H29FN2O3. The van der Waals surface area contributed by atoms with E-state index in [1.165, 1.54) is 0 Å². The van der Waals surface area contributed by atoms with Crippen LogP contribution in [0, 0.1) is 0 Å². The molecule has 2 amide bonds. The molecule has 5 nitrogen and oxygen atoms in total. The summed E-state index contributed by atoms with van der Waals surface area (Å²) in [5.41, 5.74) is 1.42. The van der Waals surface area contributed by atoms with Gasteiger partial charge < -0.3 is 4.74 Å². The van der Waals surface area contributed by atoms with Crippen LogP contribution in [0.5, 0.6) is 0 Å². The van der Waals surface area contributed by atoms with Crippen LogP contribution in [0.1, 0.15) is 38.3 Å². The van der Waals surface area contributed by atoms with Crippen molar-refractivity contribution in [3.8, 4) is 0 Å². The van der Waals surface area contributed by atoms with Crippen LogP contribution in [-0.2, 0) is 22.6 Å². The zero-order valence-corrected chi connectivity index (χ0v) is 17.8. The van der Waals surface area contributed by atoms with E-state index in [1.807, 2.05) is 60.7 Å². The van der Waals surface area contributed by atoms with Crippen molar-refractivity contribution in [2.45, 2.75) is 58.1 Å². The summed E-state index contributed by atoms with van der Waals surface area (Å²) in [4.78, 5) is 28.0. The number of carbonyl (C=O) groups excluding carboxylic acids is 2. The van der Waals surface area contributed by atoms with E-state index in [9.17, 15) is 14.0 Å². The quantitative estimate of drug-likeness (QED) is 0.722. The highest BCUT2D eigenvalue weighted by atomic mass is 19.1. The Labute approximate surface area is 177 Å². The second-order valence-electron chi connectivity index (χ2n) is 8.66. The number of imide groups is 1. The Hall–Kier alpha value is -2.73. The number of likely N-dealkylation sites (tertiary alicyclic amines) is 1. The van der Waals surface area contributed by atoms with Crippen molar-refractivity contribution in [3.05, 3.63) is 71.8 Å². The van der Waals surface area contributed by atoms with E-state index in [0.717, 1.165) is 16.0 Å². The zero-order chi connectivity index (χ0) is 21.7. The van der Waals surface area contributed by atoms with Gasteiger partial charge in [0.1, 0.15) is 5.60 Å². The normalized spacial score (nSPS) is 19.8. The minimum atomic E-state index is -1.73. The lowest BCUT2D eigenvalue weighted by Crippen LogP contribution is -2.56. The topological polar surface area (TPSA) is 49.9 Å². The molecule has 0 saturated carbocycles. The van der Waals surface area contributed by atoms with Crippen LogP contribution in [0.2, 0.25) is 0 Å². The molecule has 1 fully saturated rings. The molecule has 0 unspecified atom stereocenters. The Morgan fingerprint density at radius 2 is 1.53 bits per heavy atom. The van der Waals surface area contributed by atoms with Gasteiger partial charge in [0.05, 0.1) is 0 Å². The van der Waals surface area contributed by atoms with Crippen LogP contribution in [0.4, 0.5) is 9.18 Å². The third-order valence-corrected chi connectivity index (χ3v) is 4.99. The molecule has 2 aromatic rings. The van der Waals surface area contributed by atoms with Gasteiger partial charge in [0.25, 0.3) is 5.91 Å². The standard InChI is InChI=1S/C24H29FN2O3/c1-24(2,3)30-23(29)27-17-20(14-21(25)22(27)28)26(15-18-10-6-4-7-11-18)16-19-12-8-5-9-13-19/h4-13,20-21H,14-17H2,1-3H3/t20-,21-/m0/s1. The number of amides is 2. The highest BCUT2D eigenvalue weighted by Gasteiger charge is 2.41. The molecule has 6 heteroatoms. The predicted octanol–water partition coefficient (Wildman–Crippen LogP) is 4.56. The number of hydrogen-bond acceptors (Lipinski definition) is 4. The molecule has 0 bridgehead atoms. The summed E-state index contributed by atoms with van der Waals surface area (Å²) in [5, 5.41) is 0. The maximum Gasteiger partial charge on any atom is 0.417 e. The van der Waals surface area contributed by atoms with Crippen LogP contribution in [0.25, 0.3) is 0 Å². The molecule has 1 heterocycles. The van der Waals surface area contributed by atoms with Crippen molar-refractivity contribution in [1.82, 2.24) is 9.80 Å². The van der Waals surface area contributed by atoms with E-state index >= 15 is 0 Å². The van der Waals surface area contributed by atoms with Crippen LogP contribution in [-0.4, -0.2) is 46.2 Å². The minimum absolute atomic E-state index is 0.0534. The first kappa shape index (κ1) is 22.0. The zero-order valence-electron chi connectivity index (χ0n) is 17.8. The first-order chi connectivity index (χ1) is 14.2. The van der Waals surface area contributed by atoms with Crippen molar-refractivity contribution in [2.24, 2.45) is 0 Å². The van der Waals surface area contributed by atoms with Crippen molar-refractivity contribution in [2.75, 3.05) is 6.54 Å². The average Bonchev–Trinajstić information content (AvgIpc) is 2.69. The number of hydrogen-bond donors (Lipinski definition) is 0. The summed E-state index contributed by atoms with van der Waals surface area (Å²) in [6.07, 6.45) is -2.47. The van der Waals surface area contributed by atoms with E-state index in [4.69, 9.17) is 4.74 Å². The molecule has 0 aliphatic carbocycles. The largest absolute Gasteiger partial charge is 0.443 e. The molecule has 1 aliphatic heterocycles. The van der Waals surface area contributed by atoms with Crippen LogP contribution < -0.4 is 0 Å². The van der Waals surface area contributed by atoms with Gasteiger partial charge in [-0.3, -0.25) is 9.69 Å². The van der Waals surface area contributed by atoms with Gasteiger partial charge in [-0.2, -0.15) is 0 Å². The molecule has 2 atom stereocenters. The summed E-state index contributed by atoms with van der Waals surface area (Å²) in [6.45, 7) is 6.45. The number of nitrogens with zero attached hydrogens (tertiary/aromatic N) is 2. The third-order valence-electron chi connectivity index (χ3n) is 4.99. The fraction of sp³-hybridized carbons (Fsp3) is 0.417. The van der Waals surface area contributed by atoms with Gasteiger partial charge in [-0.05, 0) is 31.9 Å². The molecule has 0 aromatic heterocycles. The lowest BCUT2D eigenvalue weighted by Gasteiger charge is -2.39. The molecule has 1 aliphatic rings. The first-order valence-electron chi connectivity index (χ1n) is 10.2. The summed E-state index contributed by atoms with van der Waals surface area (Å²) >= 11 is 0. The maximum atomic E-state index is 14.7. The van der Waals surface area contributed by atoms with Crippen LogP contribution >= 0.6 is 0 Å². The molecule has 1 saturated heterocycles. The summed E-state index contributed by atoms with van der Waals surface area (Å²) in [7, 11) is 0. The molecule has 3 rings (SSSR count). The number of piperidine rings is 1. The monoisotopic (exact) mass is 412 g/mol. The second kappa shape index (κ2) is 9.39. The number of halogens is 1. The SMILES string of the molecule is CC(C)(C)OC(=O)N1C[C@@H](N(Cc2ccccc2)Cc2ccccc2)C[C@H](F)C1=O. The van der Waals surface area contributed by atoms with Gasteiger partial charge in [-0.15, -0.1) is 0 Å². The van der Waals surface area contributed by atoms with E-state index in [-0.39, 0.29) is 19.0 Å². The van der Waals surface area contributed by atoms with Crippen molar-refractivity contribution in [3.63, 3.8) is 0 Å². The van der Waals surface area contributed by atoms with Crippen LogP contribution in [0.15, 0.2) is 60.7 Å². The molecule has 160 valence electrons. The summed E-state index contributed by atoms with van der Waals surface area (Å²) < 4.78 is 20.0. The Kier molecular flexibility index (Phi) is 6.87. The minimum Gasteiger partial charge on any atom is -0.443 e. The molecule has 0 N–H and O–H groups in total. The maximum absolute atomic E-state index is 14.7. The van der Waals surface area contributed by atoms with E-state index in [0.29, 0.717) is 13.1 Å². The predicted molar refractivity (Wildman–Crippen MR) is 113 cm³/mol. The van der Waals surface area contributed by atoms with Crippen LogP contribution in [0.3, 0.4) is 0 Å².